The first-order valence-corrected chi connectivity index (χ1v) is 8.41. The summed E-state index contributed by atoms with van der Waals surface area (Å²) >= 11 is 0. The molecule has 1 aliphatic carbocycles. The topological polar surface area (TPSA) is 107 Å². The molecule has 1 fully saturated rings. The third-order valence-corrected chi connectivity index (χ3v) is 5.53. The Bertz CT molecular complexity index is 745. The van der Waals surface area contributed by atoms with Crippen LogP contribution in [0.15, 0.2) is 22.8 Å². The molecule has 7 nitrogen and oxygen atoms in total. The number of carbonyl (C=O) groups is 4. The second-order valence-electron chi connectivity index (χ2n) is 6.92. The Labute approximate surface area is 144 Å². The molecule has 7 heteroatoms. The zero-order valence-electron chi connectivity index (χ0n) is 14.3. The molecule has 3 rings (SSSR count). The molecular weight excluding hydrogens is 328 g/mol. The maximum atomic E-state index is 12.3. The highest BCUT2D eigenvalue weighted by molar-refractivity contribution is 6.15. The lowest BCUT2D eigenvalue weighted by Crippen LogP contribution is -2.31. The summed E-state index contributed by atoms with van der Waals surface area (Å²) in [5.41, 5.74) is -1.35. The van der Waals surface area contributed by atoms with E-state index in [0.717, 1.165) is 0 Å². The molecule has 0 bridgehead atoms. The van der Waals surface area contributed by atoms with Gasteiger partial charge in [-0.3, -0.25) is 4.79 Å². The molecule has 2 aliphatic heterocycles. The summed E-state index contributed by atoms with van der Waals surface area (Å²) in [5.74, 6) is -3.92. The SMILES string of the molecule is CCC1/C=C2\C(=O)OC(=O)C2(C)CC2=C(C(=O)OC2=O)C(O)C1CC. The maximum absolute atomic E-state index is 12.3. The van der Waals surface area contributed by atoms with E-state index in [2.05, 4.69) is 4.74 Å². The van der Waals surface area contributed by atoms with Crippen molar-refractivity contribution in [2.75, 3.05) is 0 Å². The van der Waals surface area contributed by atoms with Crippen LogP contribution in [0.1, 0.15) is 40.0 Å². The summed E-state index contributed by atoms with van der Waals surface area (Å²) in [7, 11) is 0. The minimum Gasteiger partial charge on any atom is -0.389 e. The van der Waals surface area contributed by atoms with Crippen molar-refractivity contribution in [2.45, 2.75) is 46.1 Å². The van der Waals surface area contributed by atoms with E-state index in [0.29, 0.717) is 12.8 Å². The molecule has 0 amide bonds. The molecule has 4 unspecified atom stereocenters. The molecule has 1 N–H and O–H groups in total. The molecule has 1 saturated heterocycles. The van der Waals surface area contributed by atoms with E-state index < -0.39 is 41.3 Å². The van der Waals surface area contributed by atoms with Crippen LogP contribution in [0.5, 0.6) is 0 Å². The van der Waals surface area contributed by atoms with Gasteiger partial charge in [0.25, 0.3) is 0 Å². The molecule has 134 valence electrons. The van der Waals surface area contributed by atoms with Crippen LogP contribution in [0.2, 0.25) is 0 Å². The Morgan fingerprint density at radius 2 is 1.76 bits per heavy atom. The van der Waals surface area contributed by atoms with E-state index >= 15 is 0 Å². The Hall–Kier alpha value is -2.28. The minimum atomic E-state index is -1.38. The number of carbonyl (C=O) groups excluding carboxylic acids is 4. The highest BCUT2D eigenvalue weighted by Gasteiger charge is 2.54. The molecule has 4 atom stereocenters. The van der Waals surface area contributed by atoms with Gasteiger partial charge in [0.05, 0.1) is 22.8 Å². The first-order chi connectivity index (χ1) is 11.7. The van der Waals surface area contributed by atoms with E-state index in [1.807, 2.05) is 13.8 Å². The van der Waals surface area contributed by atoms with Gasteiger partial charge in [-0.15, -0.1) is 0 Å². The van der Waals surface area contributed by atoms with E-state index in [1.165, 1.54) is 6.92 Å². The van der Waals surface area contributed by atoms with Crippen molar-refractivity contribution in [3.8, 4) is 0 Å². The summed E-state index contributed by atoms with van der Waals surface area (Å²) in [4.78, 5) is 48.8. The first kappa shape index (κ1) is 17.5. The van der Waals surface area contributed by atoms with Crippen LogP contribution in [0.25, 0.3) is 0 Å². The van der Waals surface area contributed by atoms with Gasteiger partial charge < -0.3 is 14.6 Å². The zero-order valence-corrected chi connectivity index (χ0v) is 14.3. The Balaban J connectivity index is 2.26. The second-order valence-corrected chi connectivity index (χ2v) is 6.92. The number of ether oxygens (including phenoxy) is 2. The third-order valence-electron chi connectivity index (χ3n) is 5.53. The van der Waals surface area contributed by atoms with Crippen molar-refractivity contribution in [3.05, 3.63) is 22.8 Å². The summed E-state index contributed by atoms with van der Waals surface area (Å²) < 4.78 is 9.47. The number of hydrogen-bond donors (Lipinski definition) is 1. The molecular formula is C18H20O7. The van der Waals surface area contributed by atoms with Crippen molar-refractivity contribution >= 4 is 23.9 Å². The molecule has 0 saturated carbocycles. The fraction of sp³-hybridized carbons (Fsp3) is 0.556. The van der Waals surface area contributed by atoms with Gasteiger partial charge in [0.1, 0.15) is 5.41 Å². The first-order valence-electron chi connectivity index (χ1n) is 8.41. The number of cyclic esters (lactones) is 4. The molecule has 0 aromatic carbocycles. The standard InChI is InChI=1S/C18H20O7/c1-4-8-6-11-15(21)25-17(23)18(11,3)7-10-12(13(19)9(8)5-2)16(22)24-14(10)20/h6,8-9,13,19H,4-5,7H2,1-3H3/b11-6+. The number of aliphatic hydroxyl groups excluding tert-OH is 1. The number of rotatable bonds is 2. The number of aliphatic hydroxyl groups is 1. The highest BCUT2D eigenvalue weighted by Crippen LogP contribution is 2.47. The van der Waals surface area contributed by atoms with Crippen molar-refractivity contribution in [1.29, 1.82) is 0 Å². The lowest BCUT2D eigenvalue weighted by molar-refractivity contribution is -0.154. The number of allylic oxidation sites excluding steroid dienone is 1. The quantitative estimate of drug-likeness (QED) is 0.590. The second kappa shape index (κ2) is 5.91. The molecule has 2 heterocycles. The van der Waals surface area contributed by atoms with E-state index in [-0.39, 0.29) is 29.1 Å². The van der Waals surface area contributed by atoms with Crippen LogP contribution in [0.3, 0.4) is 0 Å². The molecule has 0 spiro atoms. The number of hydrogen-bond acceptors (Lipinski definition) is 7. The molecule has 0 radical (unpaired) electrons. The molecule has 3 aliphatic rings. The minimum absolute atomic E-state index is 0.0484. The maximum Gasteiger partial charge on any atom is 0.345 e. The van der Waals surface area contributed by atoms with Crippen LogP contribution in [-0.4, -0.2) is 35.1 Å². The van der Waals surface area contributed by atoms with Crippen LogP contribution >= 0.6 is 0 Å². The van der Waals surface area contributed by atoms with Gasteiger partial charge in [-0.2, -0.15) is 0 Å². The Morgan fingerprint density at radius 1 is 1.08 bits per heavy atom. The van der Waals surface area contributed by atoms with Crippen molar-refractivity contribution < 1.29 is 33.8 Å². The monoisotopic (exact) mass is 348 g/mol. The van der Waals surface area contributed by atoms with Gasteiger partial charge in [0, 0.05) is 6.42 Å². The predicted octanol–water partition coefficient (Wildman–Crippen LogP) is 1.20. The molecule has 0 aromatic rings. The van der Waals surface area contributed by atoms with Crippen LogP contribution in [-0.2, 0) is 28.7 Å². The average Bonchev–Trinajstić information content (AvgIpc) is 2.94. The lowest BCUT2D eigenvalue weighted by Gasteiger charge is -2.27. The predicted molar refractivity (Wildman–Crippen MR) is 83.6 cm³/mol. The van der Waals surface area contributed by atoms with Gasteiger partial charge in [0.15, 0.2) is 0 Å². The smallest absolute Gasteiger partial charge is 0.345 e. The van der Waals surface area contributed by atoms with Crippen molar-refractivity contribution in [1.82, 2.24) is 0 Å². The lowest BCUT2D eigenvalue weighted by atomic mass is 9.76. The molecule has 0 aromatic heterocycles. The van der Waals surface area contributed by atoms with Gasteiger partial charge in [-0.1, -0.05) is 19.9 Å². The summed E-state index contributed by atoms with van der Waals surface area (Å²) in [6.45, 7) is 5.26. The Kier molecular flexibility index (Phi) is 4.15. The van der Waals surface area contributed by atoms with Gasteiger partial charge >= 0.3 is 23.9 Å². The van der Waals surface area contributed by atoms with Crippen LogP contribution in [0, 0.1) is 17.3 Å². The summed E-state index contributed by atoms with van der Waals surface area (Å²) in [6, 6.07) is 0. The van der Waals surface area contributed by atoms with Crippen LogP contribution < -0.4 is 0 Å². The van der Waals surface area contributed by atoms with E-state index in [1.54, 1.807) is 6.08 Å². The summed E-state index contributed by atoms with van der Waals surface area (Å²) in [5, 5.41) is 10.8. The Morgan fingerprint density at radius 3 is 2.36 bits per heavy atom. The zero-order chi connectivity index (χ0) is 18.5. The van der Waals surface area contributed by atoms with Crippen molar-refractivity contribution in [3.63, 3.8) is 0 Å². The average molecular weight is 348 g/mol. The number of esters is 4. The largest absolute Gasteiger partial charge is 0.389 e. The van der Waals surface area contributed by atoms with Gasteiger partial charge in [-0.25, -0.2) is 14.4 Å². The fourth-order valence-electron chi connectivity index (χ4n) is 3.99. The van der Waals surface area contributed by atoms with Gasteiger partial charge in [-0.05, 0) is 31.6 Å². The normalized spacial score (nSPS) is 37.4. The fourth-order valence-corrected chi connectivity index (χ4v) is 3.99. The van der Waals surface area contributed by atoms with E-state index in [4.69, 9.17) is 4.74 Å². The van der Waals surface area contributed by atoms with Crippen LogP contribution in [0.4, 0.5) is 0 Å². The highest BCUT2D eigenvalue weighted by atomic mass is 16.6. The molecule has 25 heavy (non-hydrogen) atoms. The van der Waals surface area contributed by atoms with Crippen molar-refractivity contribution in [2.24, 2.45) is 17.3 Å². The van der Waals surface area contributed by atoms with Gasteiger partial charge in [0.2, 0.25) is 0 Å². The summed E-state index contributed by atoms with van der Waals surface area (Å²) in [6.07, 6.45) is 1.36. The third kappa shape index (κ3) is 2.45. The van der Waals surface area contributed by atoms with E-state index in [9.17, 15) is 24.3 Å². The number of fused-ring (bicyclic) bond motifs is 1.